The molecule has 4 nitrogen and oxygen atoms in total. The topological polar surface area (TPSA) is 44.8 Å². The van der Waals surface area contributed by atoms with E-state index in [1.54, 1.807) is 14.2 Å². The molecule has 0 bridgehead atoms. The van der Waals surface area contributed by atoms with E-state index in [0.29, 0.717) is 12.2 Å². The second-order valence-electron chi connectivity index (χ2n) is 3.72. The van der Waals surface area contributed by atoms with Gasteiger partial charge >= 0.3 is 5.97 Å². The number of cyclic esters (lactones) is 1. The number of esters is 1. The minimum Gasteiger partial charge on any atom is -0.501 e. The zero-order chi connectivity index (χ0) is 12.3. The molecular weight excluding hydrogens is 220 g/mol. The van der Waals surface area contributed by atoms with Crippen LogP contribution in [0, 0.1) is 0 Å². The molecule has 0 unspecified atom stereocenters. The molecule has 1 atom stereocenters. The molecule has 2 rings (SSSR count). The van der Waals surface area contributed by atoms with Gasteiger partial charge in [0, 0.05) is 6.42 Å². The highest BCUT2D eigenvalue weighted by molar-refractivity contribution is 5.83. The van der Waals surface area contributed by atoms with Crippen molar-refractivity contribution in [3.63, 3.8) is 0 Å². The minimum absolute atomic E-state index is 0.284. The summed E-state index contributed by atoms with van der Waals surface area (Å²) in [5, 5.41) is 0. The zero-order valence-electron chi connectivity index (χ0n) is 9.80. The predicted octanol–water partition coefficient (Wildman–Crippen LogP) is 2.21. The standard InChI is InChI=1S/C13H14O4/c1-15-10-5-3-9(4-6-10)12-7-11(16-2)8-13(14)17-12/h3-6,8,12H,7H2,1-2H3/t12-/m0/s1. The molecule has 0 radical (unpaired) electrons. The fourth-order valence-electron chi connectivity index (χ4n) is 1.74. The van der Waals surface area contributed by atoms with Gasteiger partial charge in [-0.3, -0.25) is 0 Å². The summed E-state index contributed by atoms with van der Waals surface area (Å²) >= 11 is 0. The van der Waals surface area contributed by atoms with Crippen LogP contribution in [0.1, 0.15) is 18.1 Å². The summed E-state index contributed by atoms with van der Waals surface area (Å²) in [5.41, 5.74) is 0.932. The van der Waals surface area contributed by atoms with E-state index in [4.69, 9.17) is 14.2 Å². The minimum atomic E-state index is -0.367. The van der Waals surface area contributed by atoms with Crippen molar-refractivity contribution >= 4 is 5.97 Å². The van der Waals surface area contributed by atoms with E-state index in [2.05, 4.69) is 0 Å². The van der Waals surface area contributed by atoms with Gasteiger partial charge in [0.2, 0.25) is 0 Å². The van der Waals surface area contributed by atoms with Gasteiger partial charge in [-0.2, -0.15) is 0 Å². The maximum atomic E-state index is 11.3. The lowest BCUT2D eigenvalue weighted by Gasteiger charge is -2.22. The molecule has 0 fully saturated rings. The average Bonchev–Trinajstić information content (AvgIpc) is 2.38. The Balaban J connectivity index is 2.17. The van der Waals surface area contributed by atoms with Gasteiger partial charge in [0.05, 0.1) is 20.3 Å². The summed E-state index contributed by atoms with van der Waals surface area (Å²) in [5.74, 6) is 1.05. The first kappa shape index (κ1) is 11.5. The molecule has 90 valence electrons. The number of carbonyl (C=O) groups is 1. The molecule has 4 heteroatoms. The summed E-state index contributed by atoms with van der Waals surface area (Å²) in [6, 6.07) is 7.45. The van der Waals surface area contributed by atoms with Crippen molar-refractivity contribution in [2.24, 2.45) is 0 Å². The Morgan fingerprint density at radius 3 is 2.47 bits per heavy atom. The number of carbonyl (C=O) groups excluding carboxylic acids is 1. The van der Waals surface area contributed by atoms with Crippen LogP contribution in [0.3, 0.4) is 0 Å². The quantitative estimate of drug-likeness (QED) is 0.752. The van der Waals surface area contributed by atoms with Crippen LogP contribution in [0.5, 0.6) is 5.75 Å². The molecule has 0 aliphatic carbocycles. The fourth-order valence-corrected chi connectivity index (χ4v) is 1.74. The van der Waals surface area contributed by atoms with Gasteiger partial charge < -0.3 is 14.2 Å². The number of benzene rings is 1. The van der Waals surface area contributed by atoms with Crippen LogP contribution in [-0.4, -0.2) is 20.2 Å². The number of hydrogen-bond donors (Lipinski definition) is 0. The molecule has 0 spiro atoms. The number of methoxy groups -OCH3 is 2. The molecule has 0 amide bonds. The Bertz CT molecular complexity index is 433. The van der Waals surface area contributed by atoms with Crippen molar-refractivity contribution < 1.29 is 19.0 Å². The SMILES string of the molecule is COC1=CC(=O)O[C@H](c2ccc(OC)cc2)C1. The molecule has 1 aliphatic heterocycles. The molecule has 1 heterocycles. The second-order valence-corrected chi connectivity index (χ2v) is 3.72. The predicted molar refractivity (Wildman–Crippen MR) is 61.5 cm³/mol. The molecule has 17 heavy (non-hydrogen) atoms. The van der Waals surface area contributed by atoms with E-state index in [1.807, 2.05) is 24.3 Å². The molecule has 1 aromatic rings. The molecule has 0 aromatic heterocycles. The summed E-state index contributed by atoms with van der Waals surface area (Å²) < 4.78 is 15.4. The number of hydrogen-bond acceptors (Lipinski definition) is 4. The van der Waals surface area contributed by atoms with Gasteiger partial charge in [-0.1, -0.05) is 12.1 Å². The summed E-state index contributed by atoms with van der Waals surface area (Å²) in [7, 11) is 3.16. The van der Waals surface area contributed by atoms with Gasteiger partial charge in [0.1, 0.15) is 17.6 Å². The molecule has 0 N–H and O–H groups in total. The molecular formula is C13H14O4. The van der Waals surface area contributed by atoms with Crippen LogP contribution in [0.2, 0.25) is 0 Å². The third-order valence-corrected chi connectivity index (χ3v) is 2.67. The largest absolute Gasteiger partial charge is 0.501 e. The number of ether oxygens (including phenoxy) is 3. The fraction of sp³-hybridized carbons (Fsp3) is 0.308. The summed E-state index contributed by atoms with van der Waals surface area (Å²) in [6.07, 6.45) is 1.66. The second kappa shape index (κ2) is 4.91. The van der Waals surface area contributed by atoms with E-state index >= 15 is 0 Å². The van der Waals surface area contributed by atoms with Gasteiger partial charge in [0.15, 0.2) is 0 Å². The maximum absolute atomic E-state index is 11.3. The van der Waals surface area contributed by atoms with Gasteiger partial charge in [-0.15, -0.1) is 0 Å². The van der Waals surface area contributed by atoms with E-state index < -0.39 is 0 Å². The van der Waals surface area contributed by atoms with Crippen LogP contribution < -0.4 is 4.74 Å². The van der Waals surface area contributed by atoms with Crippen molar-refractivity contribution in [2.75, 3.05) is 14.2 Å². The van der Waals surface area contributed by atoms with Crippen molar-refractivity contribution in [2.45, 2.75) is 12.5 Å². The number of rotatable bonds is 3. The highest BCUT2D eigenvalue weighted by Gasteiger charge is 2.23. The third kappa shape index (κ3) is 2.58. The summed E-state index contributed by atoms with van der Waals surface area (Å²) in [6.45, 7) is 0. The van der Waals surface area contributed by atoms with Gasteiger partial charge in [-0.05, 0) is 17.7 Å². The Kier molecular flexibility index (Phi) is 3.32. The molecule has 0 saturated heterocycles. The van der Waals surface area contributed by atoms with Crippen LogP contribution in [-0.2, 0) is 14.3 Å². The highest BCUT2D eigenvalue weighted by Crippen LogP contribution is 2.30. The van der Waals surface area contributed by atoms with Crippen LogP contribution >= 0.6 is 0 Å². The Labute approximate surface area is 99.8 Å². The third-order valence-electron chi connectivity index (χ3n) is 2.67. The first-order chi connectivity index (χ1) is 8.22. The van der Waals surface area contributed by atoms with E-state index in [9.17, 15) is 4.79 Å². The van der Waals surface area contributed by atoms with Crippen LogP contribution in [0.4, 0.5) is 0 Å². The highest BCUT2D eigenvalue weighted by atomic mass is 16.5. The molecule has 1 aliphatic rings. The normalized spacial score (nSPS) is 19.3. The van der Waals surface area contributed by atoms with Crippen molar-refractivity contribution in [1.29, 1.82) is 0 Å². The lowest BCUT2D eigenvalue weighted by Crippen LogP contribution is -2.16. The summed E-state index contributed by atoms with van der Waals surface area (Å²) in [4.78, 5) is 11.3. The first-order valence-corrected chi connectivity index (χ1v) is 5.32. The Hall–Kier alpha value is -1.97. The maximum Gasteiger partial charge on any atom is 0.334 e. The Morgan fingerprint density at radius 2 is 1.88 bits per heavy atom. The van der Waals surface area contributed by atoms with Crippen molar-refractivity contribution in [3.05, 3.63) is 41.7 Å². The zero-order valence-corrected chi connectivity index (χ0v) is 9.80. The smallest absolute Gasteiger partial charge is 0.334 e. The molecule has 1 aromatic carbocycles. The monoisotopic (exact) mass is 234 g/mol. The first-order valence-electron chi connectivity index (χ1n) is 5.32. The van der Waals surface area contributed by atoms with Gasteiger partial charge in [-0.25, -0.2) is 4.79 Å². The van der Waals surface area contributed by atoms with E-state index in [-0.39, 0.29) is 12.1 Å². The van der Waals surface area contributed by atoms with Crippen LogP contribution in [0.15, 0.2) is 36.1 Å². The van der Waals surface area contributed by atoms with Crippen LogP contribution in [0.25, 0.3) is 0 Å². The Morgan fingerprint density at radius 1 is 1.18 bits per heavy atom. The van der Waals surface area contributed by atoms with E-state index in [0.717, 1.165) is 11.3 Å². The van der Waals surface area contributed by atoms with Gasteiger partial charge in [0.25, 0.3) is 0 Å². The lowest BCUT2D eigenvalue weighted by molar-refractivity contribution is -0.145. The van der Waals surface area contributed by atoms with Crippen molar-refractivity contribution in [1.82, 2.24) is 0 Å². The van der Waals surface area contributed by atoms with E-state index in [1.165, 1.54) is 6.08 Å². The molecule has 0 saturated carbocycles. The van der Waals surface area contributed by atoms with Crippen molar-refractivity contribution in [3.8, 4) is 5.75 Å². The average molecular weight is 234 g/mol. The lowest BCUT2D eigenvalue weighted by atomic mass is 10.0.